The van der Waals surface area contributed by atoms with Crippen LogP contribution in [0.5, 0.6) is 0 Å². The molecule has 108 valence electrons. The maximum atomic E-state index is 12.1. The summed E-state index contributed by atoms with van der Waals surface area (Å²) >= 11 is 0. The second-order valence-electron chi connectivity index (χ2n) is 6.75. The van der Waals surface area contributed by atoms with Crippen molar-refractivity contribution in [1.82, 2.24) is 0 Å². The Labute approximate surface area is 118 Å². The molecule has 1 saturated heterocycles. The maximum Gasteiger partial charge on any atom is 0.339 e. The van der Waals surface area contributed by atoms with E-state index in [4.69, 9.17) is 4.74 Å². The molecule has 0 unspecified atom stereocenters. The van der Waals surface area contributed by atoms with Crippen molar-refractivity contribution in [2.75, 3.05) is 6.61 Å². The van der Waals surface area contributed by atoms with Gasteiger partial charge in [0.2, 0.25) is 0 Å². The van der Waals surface area contributed by atoms with Crippen molar-refractivity contribution in [3.63, 3.8) is 0 Å². The summed E-state index contributed by atoms with van der Waals surface area (Å²) in [5.74, 6) is -0.732. The van der Waals surface area contributed by atoms with E-state index >= 15 is 0 Å². The van der Waals surface area contributed by atoms with Crippen molar-refractivity contribution in [3.05, 3.63) is 24.3 Å². The Morgan fingerprint density at radius 2 is 2.25 bits per heavy atom. The van der Waals surface area contributed by atoms with E-state index in [1.807, 2.05) is 19.9 Å². The summed E-state index contributed by atoms with van der Waals surface area (Å²) in [5.41, 5.74) is -1.75. The lowest BCUT2D eigenvalue weighted by Gasteiger charge is -2.52. The highest BCUT2D eigenvalue weighted by molar-refractivity contribution is 5.96. The van der Waals surface area contributed by atoms with Crippen LogP contribution in [0.15, 0.2) is 24.3 Å². The van der Waals surface area contributed by atoms with Gasteiger partial charge in [-0.3, -0.25) is 4.79 Å². The SMILES string of the molecule is C=CC[C@]12CC(=O)C=C1[C@]1(C)COC(=O)[C@]1(O)[C@H](C)C2. The van der Waals surface area contributed by atoms with Gasteiger partial charge in [0.15, 0.2) is 11.4 Å². The lowest BCUT2D eigenvalue weighted by Crippen LogP contribution is -2.60. The maximum absolute atomic E-state index is 12.1. The molecule has 1 heterocycles. The molecule has 4 atom stereocenters. The molecule has 2 fully saturated rings. The van der Waals surface area contributed by atoms with E-state index in [1.165, 1.54) is 0 Å². The monoisotopic (exact) mass is 276 g/mol. The van der Waals surface area contributed by atoms with E-state index < -0.39 is 17.0 Å². The van der Waals surface area contributed by atoms with Crippen LogP contribution in [0.3, 0.4) is 0 Å². The van der Waals surface area contributed by atoms with Gasteiger partial charge in [0.05, 0.1) is 5.41 Å². The molecule has 0 bridgehead atoms. The molecule has 4 nitrogen and oxygen atoms in total. The first-order valence-corrected chi connectivity index (χ1v) is 7.06. The number of ether oxygens (including phenoxy) is 1. The molecule has 0 aromatic heterocycles. The Bertz CT molecular complexity index is 549. The van der Waals surface area contributed by atoms with Crippen molar-refractivity contribution in [2.45, 2.75) is 38.7 Å². The minimum Gasteiger partial charge on any atom is -0.462 e. The van der Waals surface area contributed by atoms with Crippen LogP contribution in [0.25, 0.3) is 0 Å². The van der Waals surface area contributed by atoms with Crippen molar-refractivity contribution >= 4 is 11.8 Å². The third kappa shape index (κ3) is 1.30. The van der Waals surface area contributed by atoms with Gasteiger partial charge < -0.3 is 9.84 Å². The molecule has 2 aliphatic carbocycles. The van der Waals surface area contributed by atoms with Crippen molar-refractivity contribution in [2.24, 2.45) is 16.7 Å². The average Bonchev–Trinajstić information content (AvgIpc) is 2.81. The number of ketones is 1. The summed E-state index contributed by atoms with van der Waals surface area (Å²) in [5, 5.41) is 11.0. The fourth-order valence-electron chi connectivity index (χ4n) is 4.68. The molecule has 3 rings (SSSR count). The highest BCUT2D eigenvalue weighted by Gasteiger charge is 2.71. The lowest BCUT2D eigenvalue weighted by atomic mass is 9.50. The number of esters is 1. The molecule has 20 heavy (non-hydrogen) atoms. The van der Waals surface area contributed by atoms with Crippen molar-refractivity contribution < 1.29 is 19.4 Å². The second kappa shape index (κ2) is 3.82. The summed E-state index contributed by atoms with van der Waals surface area (Å²) < 4.78 is 5.18. The standard InChI is InChI=1S/C16H20O4/c1-4-5-15-7-10(2)16(19)13(18)20-9-14(16,3)12(15)6-11(17)8-15/h4,6,10,19H,1,5,7-9H2,2-3H3/t10-,14+,15+,16-/m1/s1. The minimum atomic E-state index is -1.52. The Morgan fingerprint density at radius 3 is 2.90 bits per heavy atom. The van der Waals surface area contributed by atoms with Gasteiger partial charge in [-0.05, 0) is 37.3 Å². The largest absolute Gasteiger partial charge is 0.462 e. The van der Waals surface area contributed by atoms with Gasteiger partial charge in [0, 0.05) is 11.8 Å². The molecule has 3 aliphatic rings. The topological polar surface area (TPSA) is 63.6 Å². The van der Waals surface area contributed by atoms with Crippen LogP contribution in [0.2, 0.25) is 0 Å². The van der Waals surface area contributed by atoms with E-state index in [0.29, 0.717) is 19.3 Å². The molecule has 0 amide bonds. The van der Waals surface area contributed by atoms with Gasteiger partial charge in [0.1, 0.15) is 6.61 Å². The molecule has 1 aliphatic heterocycles. The first-order valence-electron chi connectivity index (χ1n) is 7.06. The van der Waals surface area contributed by atoms with E-state index in [1.54, 1.807) is 6.08 Å². The molecule has 0 aromatic rings. The smallest absolute Gasteiger partial charge is 0.339 e. The number of cyclic esters (lactones) is 1. The Kier molecular flexibility index (Phi) is 2.59. The van der Waals surface area contributed by atoms with Crippen LogP contribution in [0.1, 0.15) is 33.1 Å². The van der Waals surface area contributed by atoms with E-state index in [0.717, 1.165) is 5.57 Å². The molecule has 0 spiro atoms. The zero-order chi connectivity index (χ0) is 14.8. The summed E-state index contributed by atoms with van der Waals surface area (Å²) in [4.78, 5) is 24.1. The van der Waals surface area contributed by atoms with E-state index in [2.05, 4.69) is 6.58 Å². The number of fused-ring (bicyclic) bond motifs is 3. The molecular formula is C16H20O4. The van der Waals surface area contributed by atoms with Crippen LogP contribution in [-0.4, -0.2) is 29.1 Å². The third-order valence-electron chi connectivity index (χ3n) is 5.57. The molecule has 1 N–H and O–H groups in total. The van der Waals surface area contributed by atoms with Gasteiger partial charge in [-0.15, -0.1) is 6.58 Å². The lowest BCUT2D eigenvalue weighted by molar-refractivity contribution is -0.167. The van der Waals surface area contributed by atoms with Crippen LogP contribution >= 0.6 is 0 Å². The number of rotatable bonds is 2. The second-order valence-corrected chi connectivity index (χ2v) is 6.75. The molecule has 1 saturated carbocycles. The van der Waals surface area contributed by atoms with Crippen LogP contribution < -0.4 is 0 Å². The van der Waals surface area contributed by atoms with Gasteiger partial charge in [-0.2, -0.15) is 0 Å². The molecular weight excluding hydrogens is 256 g/mol. The van der Waals surface area contributed by atoms with Crippen LogP contribution in [-0.2, 0) is 14.3 Å². The number of hydrogen-bond acceptors (Lipinski definition) is 4. The Balaban J connectivity index is 2.19. The summed E-state index contributed by atoms with van der Waals surface area (Å²) in [6.07, 6.45) is 5.19. The number of carbonyl (C=O) groups excluding carboxylic acids is 2. The Morgan fingerprint density at radius 1 is 1.55 bits per heavy atom. The minimum absolute atomic E-state index is 0.0684. The van der Waals surface area contributed by atoms with E-state index in [-0.39, 0.29) is 23.7 Å². The summed E-state index contributed by atoms with van der Waals surface area (Å²) in [6.45, 7) is 7.66. The zero-order valence-electron chi connectivity index (χ0n) is 11.9. The van der Waals surface area contributed by atoms with E-state index in [9.17, 15) is 14.7 Å². The van der Waals surface area contributed by atoms with Gasteiger partial charge in [-0.25, -0.2) is 4.79 Å². The zero-order valence-corrected chi connectivity index (χ0v) is 11.9. The fourth-order valence-corrected chi connectivity index (χ4v) is 4.68. The normalized spacial score (nSPS) is 46.5. The molecule has 0 aromatic carbocycles. The third-order valence-corrected chi connectivity index (χ3v) is 5.57. The molecule has 4 heteroatoms. The number of aliphatic hydroxyl groups is 1. The number of carbonyl (C=O) groups is 2. The number of hydrogen-bond donors (Lipinski definition) is 1. The first-order chi connectivity index (χ1) is 9.30. The predicted octanol–water partition coefficient (Wildman–Crippen LogP) is 1.78. The summed E-state index contributed by atoms with van der Waals surface area (Å²) in [6, 6.07) is 0. The highest BCUT2D eigenvalue weighted by atomic mass is 16.6. The van der Waals surface area contributed by atoms with Crippen molar-refractivity contribution in [3.8, 4) is 0 Å². The number of allylic oxidation sites excluding steroid dienone is 2. The fraction of sp³-hybridized carbons (Fsp3) is 0.625. The first kappa shape index (κ1) is 13.6. The quantitative estimate of drug-likeness (QED) is 0.617. The highest BCUT2D eigenvalue weighted by Crippen LogP contribution is 2.64. The Hall–Kier alpha value is -1.42. The summed E-state index contributed by atoms with van der Waals surface area (Å²) in [7, 11) is 0. The van der Waals surface area contributed by atoms with Crippen molar-refractivity contribution in [1.29, 1.82) is 0 Å². The van der Waals surface area contributed by atoms with Gasteiger partial charge in [-0.1, -0.05) is 13.0 Å². The average molecular weight is 276 g/mol. The van der Waals surface area contributed by atoms with Crippen LogP contribution in [0, 0.1) is 16.7 Å². The molecule has 0 radical (unpaired) electrons. The van der Waals surface area contributed by atoms with Crippen LogP contribution in [0.4, 0.5) is 0 Å². The van der Waals surface area contributed by atoms with Gasteiger partial charge in [0.25, 0.3) is 0 Å². The predicted molar refractivity (Wildman–Crippen MR) is 72.8 cm³/mol. The van der Waals surface area contributed by atoms with Gasteiger partial charge >= 0.3 is 5.97 Å².